The van der Waals surface area contributed by atoms with Crippen LogP contribution >= 0.6 is 0 Å². The second kappa shape index (κ2) is 8.15. The minimum atomic E-state index is -0.417. The minimum absolute atomic E-state index is 0.0111. The monoisotopic (exact) mass is 339 g/mol. The van der Waals surface area contributed by atoms with Crippen molar-refractivity contribution in [3.8, 4) is 0 Å². The van der Waals surface area contributed by atoms with Crippen LogP contribution in [0, 0.1) is 5.41 Å². The normalized spacial score (nSPS) is 33.2. The second-order valence-corrected chi connectivity index (χ2v) is 7.65. The van der Waals surface area contributed by atoms with Crippen LogP contribution in [0.5, 0.6) is 0 Å². The van der Waals surface area contributed by atoms with Crippen molar-refractivity contribution in [1.82, 2.24) is 5.32 Å². The van der Waals surface area contributed by atoms with Crippen LogP contribution in [0.4, 0.5) is 0 Å². The molecule has 2 aliphatic carbocycles. The van der Waals surface area contributed by atoms with Crippen LogP contribution in [-0.2, 0) is 19.0 Å². The maximum Gasteiger partial charge on any atom is 0.249 e. The van der Waals surface area contributed by atoms with Gasteiger partial charge in [-0.05, 0) is 52.4 Å². The molecule has 3 fully saturated rings. The first kappa shape index (κ1) is 18.2. The summed E-state index contributed by atoms with van der Waals surface area (Å²) in [5.74, 6) is 0.0111. The lowest BCUT2D eigenvalue weighted by atomic mass is 9.60. The number of hydrogen-bond acceptors (Lipinski definition) is 4. The molecular formula is C19H33NO4. The highest BCUT2D eigenvalue weighted by atomic mass is 16.5. The summed E-state index contributed by atoms with van der Waals surface area (Å²) in [4.78, 5) is 12.5. The van der Waals surface area contributed by atoms with Gasteiger partial charge in [-0.25, -0.2) is 0 Å². The predicted molar refractivity (Wildman–Crippen MR) is 91.9 cm³/mol. The summed E-state index contributed by atoms with van der Waals surface area (Å²) in [7, 11) is 0. The molecule has 1 aliphatic heterocycles. The SMILES string of the molecule is CCO[C@@H]1C[C@H](NC(=O)[C@H](C)OC[C@@H]2CCCCO2)C12CCCC2. The van der Waals surface area contributed by atoms with E-state index in [2.05, 4.69) is 12.2 Å². The molecule has 5 heteroatoms. The van der Waals surface area contributed by atoms with Crippen molar-refractivity contribution >= 4 is 5.91 Å². The number of nitrogens with one attached hydrogen (secondary N) is 1. The molecule has 0 radical (unpaired) electrons. The predicted octanol–water partition coefficient (Wildman–Crippen LogP) is 2.81. The fourth-order valence-corrected chi connectivity index (χ4v) is 4.64. The molecule has 4 atom stereocenters. The lowest BCUT2D eigenvalue weighted by molar-refractivity contribution is -0.152. The molecular weight excluding hydrogens is 306 g/mol. The fourth-order valence-electron chi connectivity index (χ4n) is 4.64. The Morgan fingerprint density at radius 1 is 1.29 bits per heavy atom. The molecule has 0 unspecified atom stereocenters. The van der Waals surface area contributed by atoms with Gasteiger partial charge in [0.25, 0.3) is 0 Å². The standard InChI is InChI=1S/C19H33NO4/c1-3-22-17-12-16(19(17)9-5-6-10-19)20-18(21)14(2)24-13-15-8-4-7-11-23-15/h14-17H,3-13H2,1-2H3,(H,20,21)/t14-,15-,16-,17+/m0/s1. The quantitative estimate of drug-likeness (QED) is 0.775. The molecule has 138 valence electrons. The average Bonchev–Trinajstić information content (AvgIpc) is 3.12. The first-order chi connectivity index (χ1) is 11.7. The maximum absolute atomic E-state index is 12.5. The van der Waals surface area contributed by atoms with E-state index in [1.807, 2.05) is 6.92 Å². The van der Waals surface area contributed by atoms with Gasteiger partial charge in [-0.15, -0.1) is 0 Å². The molecule has 5 nitrogen and oxygen atoms in total. The van der Waals surface area contributed by atoms with E-state index in [1.165, 1.54) is 32.1 Å². The summed E-state index contributed by atoms with van der Waals surface area (Å²) in [6.45, 7) is 5.99. The third-order valence-corrected chi connectivity index (χ3v) is 6.18. The highest BCUT2D eigenvalue weighted by Gasteiger charge is 2.57. The van der Waals surface area contributed by atoms with Crippen LogP contribution in [0.3, 0.4) is 0 Å². The van der Waals surface area contributed by atoms with Crippen molar-refractivity contribution in [2.24, 2.45) is 5.41 Å². The average molecular weight is 339 g/mol. The molecule has 1 saturated heterocycles. The maximum atomic E-state index is 12.5. The molecule has 3 rings (SSSR count). The van der Waals surface area contributed by atoms with Gasteiger partial charge < -0.3 is 19.5 Å². The summed E-state index contributed by atoms with van der Waals surface area (Å²) < 4.78 is 17.4. The van der Waals surface area contributed by atoms with Crippen LogP contribution in [0.15, 0.2) is 0 Å². The zero-order valence-electron chi connectivity index (χ0n) is 15.2. The molecule has 1 heterocycles. The van der Waals surface area contributed by atoms with Gasteiger partial charge in [-0.3, -0.25) is 4.79 Å². The topological polar surface area (TPSA) is 56.8 Å². The van der Waals surface area contributed by atoms with Gasteiger partial charge in [0.2, 0.25) is 5.91 Å². The largest absolute Gasteiger partial charge is 0.378 e. The Hall–Kier alpha value is -0.650. The van der Waals surface area contributed by atoms with Gasteiger partial charge in [0.15, 0.2) is 0 Å². The molecule has 0 aromatic rings. The molecule has 1 amide bonds. The number of rotatable bonds is 7. The van der Waals surface area contributed by atoms with E-state index < -0.39 is 6.10 Å². The van der Waals surface area contributed by atoms with Crippen LogP contribution in [0.1, 0.15) is 65.2 Å². The number of carbonyl (C=O) groups is 1. The highest BCUT2D eigenvalue weighted by Crippen LogP contribution is 2.54. The number of amides is 1. The van der Waals surface area contributed by atoms with Gasteiger partial charge in [0.1, 0.15) is 6.10 Å². The van der Waals surface area contributed by atoms with E-state index in [9.17, 15) is 4.79 Å². The van der Waals surface area contributed by atoms with Crippen molar-refractivity contribution < 1.29 is 19.0 Å². The molecule has 0 aromatic carbocycles. The van der Waals surface area contributed by atoms with Gasteiger partial charge in [-0.1, -0.05) is 12.8 Å². The third kappa shape index (κ3) is 3.78. The summed E-state index contributed by atoms with van der Waals surface area (Å²) in [6.07, 6.45) is 9.22. The fraction of sp³-hybridized carbons (Fsp3) is 0.947. The summed E-state index contributed by atoms with van der Waals surface area (Å²) in [6, 6.07) is 0.251. The molecule has 3 aliphatic rings. The molecule has 1 N–H and O–H groups in total. The molecule has 2 saturated carbocycles. The smallest absolute Gasteiger partial charge is 0.249 e. The zero-order chi connectivity index (χ0) is 17.0. The van der Waals surface area contributed by atoms with Gasteiger partial charge in [0.05, 0.1) is 18.8 Å². The van der Waals surface area contributed by atoms with E-state index in [0.29, 0.717) is 12.7 Å². The third-order valence-electron chi connectivity index (χ3n) is 6.18. The van der Waals surface area contributed by atoms with Crippen molar-refractivity contribution in [1.29, 1.82) is 0 Å². The van der Waals surface area contributed by atoms with Gasteiger partial charge in [-0.2, -0.15) is 0 Å². The minimum Gasteiger partial charge on any atom is -0.378 e. The Morgan fingerprint density at radius 2 is 2.08 bits per heavy atom. The van der Waals surface area contributed by atoms with Crippen LogP contribution in [0.2, 0.25) is 0 Å². The van der Waals surface area contributed by atoms with Crippen molar-refractivity contribution in [3.05, 3.63) is 0 Å². The first-order valence-electron chi connectivity index (χ1n) is 9.81. The molecule has 0 aromatic heterocycles. The van der Waals surface area contributed by atoms with Crippen LogP contribution in [-0.4, -0.2) is 50.1 Å². The van der Waals surface area contributed by atoms with Crippen molar-refractivity contribution in [2.75, 3.05) is 19.8 Å². The van der Waals surface area contributed by atoms with Crippen molar-refractivity contribution in [2.45, 2.75) is 89.6 Å². The Bertz CT molecular complexity index is 416. The molecule has 0 bridgehead atoms. The summed E-state index contributed by atoms with van der Waals surface area (Å²) in [5.41, 5.74) is 0.178. The van der Waals surface area contributed by atoms with Crippen LogP contribution < -0.4 is 5.32 Å². The number of hydrogen-bond donors (Lipinski definition) is 1. The van der Waals surface area contributed by atoms with E-state index in [1.54, 1.807) is 0 Å². The van der Waals surface area contributed by atoms with E-state index in [4.69, 9.17) is 14.2 Å². The molecule has 1 spiro atoms. The second-order valence-electron chi connectivity index (χ2n) is 7.65. The number of carbonyl (C=O) groups excluding carboxylic acids is 1. The Balaban J connectivity index is 1.45. The van der Waals surface area contributed by atoms with E-state index >= 15 is 0 Å². The van der Waals surface area contributed by atoms with Crippen molar-refractivity contribution in [3.63, 3.8) is 0 Å². The highest BCUT2D eigenvalue weighted by molar-refractivity contribution is 5.80. The Kier molecular flexibility index (Phi) is 6.17. The zero-order valence-corrected chi connectivity index (χ0v) is 15.2. The lowest BCUT2D eigenvalue weighted by Crippen LogP contribution is -2.64. The Morgan fingerprint density at radius 3 is 2.75 bits per heavy atom. The van der Waals surface area contributed by atoms with E-state index in [-0.39, 0.29) is 23.5 Å². The van der Waals surface area contributed by atoms with Gasteiger partial charge >= 0.3 is 0 Å². The van der Waals surface area contributed by atoms with E-state index in [0.717, 1.165) is 32.5 Å². The lowest BCUT2D eigenvalue weighted by Gasteiger charge is -2.54. The Labute approximate surface area is 145 Å². The molecule has 24 heavy (non-hydrogen) atoms. The summed E-state index contributed by atoms with van der Waals surface area (Å²) >= 11 is 0. The van der Waals surface area contributed by atoms with Crippen LogP contribution in [0.25, 0.3) is 0 Å². The first-order valence-corrected chi connectivity index (χ1v) is 9.81. The van der Waals surface area contributed by atoms with Gasteiger partial charge in [0, 0.05) is 24.7 Å². The number of ether oxygens (including phenoxy) is 3. The summed E-state index contributed by atoms with van der Waals surface area (Å²) in [5, 5.41) is 3.24.